The maximum Gasteiger partial charge on any atom is 0.410 e. The van der Waals surface area contributed by atoms with Crippen molar-refractivity contribution >= 4 is 6.09 Å². The third-order valence-corrected chi connectivity index (χ3v) is 2.92. The predicted octanol–water partition coefficient (Wildman–Crippen LogP) is 3.05. The zero-order chi connectivity index (χ0) is 13.1. The fourth-order valence-corrected chi connectivity index (χ4v) is 2.10. The van der Waals surface area contributed by atoms with Gasteiger partial charge < -0.3 is 9.64 Å². The van der Waals surface area contributed by atoms with Crippen LogP contribution < -0.4 is 0 Å². The van der Waals surface area contributed by atoms with Crippen molar-refractivity contribution in [2.45, 2.75) is 58.6 Å². The highest BCUT2D eigenvalue weighted by Gasteiger charge is 2.32. The van der Waals surface area contributed by atoms with Crippen LogP contribution in [0, 0.1) is 18.3 Å². The molecule has 1 saturated heterocycles. The van der Waals surface area contributed by atoms with Crippen LogP contribution in [-0.4, -0.2) is 29.2 Å². The maximum absolute atomic E-state index is 12.1. The standard InChI is InChI=1S/C14H23NO2/c1-6-7-12-9-8-11(2)10-15(12)13(16)17-14(3,4)5/h1,11-12H,7-10H2,2-5H3. The molecule has 3 nitrogen and oxygen atoms in total. The average Bonchev–Trinajstić information content (AvgIpc) is 2.18. The SMILES string of the molecule is C#CCC1CCC(C)CN1C(=O)OC(C)(C)C. The van der Waals surface area contributed by atoms with E-state index in [1.807, 2.05) is 20.8 Å². The summed E-state index contributed by atoms with van der Waals surface area (Å²) < 4.78 is 5.42. The lowest BCUT2D eigenvalue weighted by Gasteiger charge is -2.38. The number of hydrogen-bond acceptors (Lipinski definition) is 2. The van der Waals surface area contributed by atoms with Gasteiger partial charge in [0.25, 0.3) is 0 Å². The number of likely N-dealkylation sites (tertiary alicyclic amines) is 1. The Morgan fingerprint density at radius 3 is 2.65 bits per heavy atom. The van der Waals surface area contributed by atoms with Gasteiger partial charge in [0, 0.05) is 19.0 Å². The van der Waals surface area contributed by atoms with Gasteiger partial charge in [0.15, 0.2) is 0 Å². The number of carbonyl (C=O) groups excluding carboxylic acids is 1. The minimum Gasteiger partial charge on any atom is -0.444 e. The maximum atomic E-state index is 12.1. The van der Waals surface area contributed by atoms with E-state index >= 15 is 0 Å². The molecule has 1 heterocycles. The first-order valence-corrected chi connectivity index (χ1v) is 6.26. The molecule has 2 unspecified atom stereocenters. The lowest BCUT2D eigenvalue weighted by molar-refractivity contribution is 0.00476. The molecule has 0 bridgehead atoms. The summed E-state index contributed by atoms with van der Waals surface area (Å²) >= 11 is 0. The van der Waals surface area contributed by atoms with Gasteiger partial charge in [0.05, 0.1) is 0 Å². The number of carbonyl (C=O) groups is 1. The predicted molar refractivity (Wildman–Crippen MR) is 68.6 cm³/mol. The fraction of sp³-hybridized carbons (Fsp3) is 0.786. The lowest BCUT2D eigenvalue weighted by Crippen LogP contribution is -2.48. The van der Waals surface area contributed by atoms with Crippen molar-refractivity contribution in [3.05, 3.63) is 0 Å². The van der Waals surface area contributed by atoms with Gasteiger partial charge in [0.2, 0.25) is 0 Å². The van der Waals surface area contributed by atoms with E-state index in [9.17, 15) is 4.79 Å². The third kappa shape index (κ3) is 4.30. The molecule has 0 aromatic carbocycles. The molecule has 0 aliphatic carbocycles. The van der Waals surface area contributed by atoms with Crippen LogP contribution in [0.2, 0.25) is 0 Å². The van der Waals surface area contributed by atoms with Crippen LogP contribution in [-0.2, 0) is 4.74 Å². The first kappa shape index (κ1) is 13.9. The van der Waals surface area contributed by atoms with E-state index in [0.717, 1.165) is 19.4 Å². The Morgan fingerprint density at radius 2 is 2.12 bits per heavy atom. The van der Waals surface area contributed by atoms with Gasteiger partial charge in [-0.15, -0.1) is 12.3 Å². The normalized spacial score (nSPS) is 25.2. The molecule has 17 heavy (non-hydrogen) atoms. The Labute approximate surface area is 105 Å². The Hall–Kier alpha value is -1.17. The highest BCUT2D eigenvalue weighted by molar-refractivity contribution is 5.68. The number of rotatable bonds is 1. The van der Waals surface area contributed by atoms with Crippen molar-refractivity contribution in [1.29, 1.82) is 0 Å². The highest BCUT2D eigenvalue weighted by atomic mass is 16.6. The van der Waals surface area contributed by atoms with Crippen LogP contribution in [0.4, 0.5) is 4.79 Å². The summed E-state index contributed by atoms with van der Waals surface area (Å²) in [4.78, 5) is 13.9. The monoisotopic (exact) mass is 237 g/mol. The number of piperidine rings is 1. The zero-order valence-corrected chi connectivity index (χ0v) is 11.3. The summed E-state index contributed by atoms with van der Waals surface area (Å²) in [6, 6.07) is 0.144. The molecule has 0 aromatic rings. The Kier molecular flexibility index (Phi) is 4.45. The Morgan fingerprint density at radius 1 is 1.47 bits per heavy atom. The van der Waals surface area contributed by atoms with Crippen molar-refractivity contribution in [3.63, 3.8) is 0 Å². The van der Waals surface area contributed by atoms with E-state index in [1.165, 1.54) is 0 Å². The van der Waals surface area contributed by atoms with Gasteiger partial charge in [-0.2, -0.15) is 0 Å². The van der Waals surface area contributed by atoms with E-state index < -0.39 is 5.60 Å². The van der Waals surface area contributed by atoms with Crippen molar-refractivity contribution in [3.8, 4) is 12.3 Å². The molecule has 0 radical (unpaired) electrons. The smallest absolute Gasteiger partial charge is 0.410 e. The summed E-state index contributed by atoms with van der Waals surface area (Å²) in [6.45, 7) is 8.56. The zero-order valence-electron chi connectivity index (χ0n) is 11.3. The molecule has 1 fully saturated rings. The molecule has 96 valence electrons. The van der Waals surface area contributed by atoms with E-state index in [-0.39, 0.29) is 12.1 Å². The summed E-state index contributed by atoms with van der Waals surface area (Å²) in [7, 11) is 0. The topological polar surface area (TPSA) is 29.5 Å². The van der Waals surface area contributed by atoms with Gasteiger partial charge in [0.1, 0.15) is 5.60 Å². The van der Waals surface area contributed by atoms with E-state index in [0.29, 0.717) is 12.3 Å². The first-order chi connectivity index (χ1) is 7.83. The number of nitrogens with zero attached hydrogens (tertiary/aromatic N) is 1. The summed E-state index contributed by atoms with van der Waals surface area (Å²) in [5.74, 6) is 3.18. The molecule has 2 atom stereocenters. The quantitative estimate of drug-likeness (QED) is 0.656. The van der Waals surface area contributed by atoms with E-state index in [4.69, 9.17) is 11.2 Å². The average molecular weight is 237 g/mol. The molecule has 1 aliphatic heterocycles. The highest BCUT2D eigenvalue weighted by Crippen LogP contribution is 2.25. The fourth-order valence-electron chi connectivity index (χ4n) is 2.10. The van der Waals surface area contributed by atoms with Crippen LogP contribution >= 0.6 is 0 Å². The minimum atomic E-state index is -0.446. The van der Waals surface area contributed by atoms with Crippen molar-refractivity contribution < 1.29 is 9.53 Å². The number of ether oxygens (including phenoxy) is 1. The summed E-state index contributed by atoms with van der Waals surface area (Å²) in [5.41, 5.74) is -0.446. The molecule has 0 spiro atoms. The first-order valence-electron chi connectivity index (χ1n) is 6.26. The lowest BCUT2D eigenvalue weighted by atomic mass is 9.93. The van der Waals surface area contributed by atoms with Gasteiger partial charge in [-0.1, -0.05) is 6.92 Å². The minimum absolute atomic E-state index is 0.144. The van der Waals surface area contributed by atoms with Crippen molar-refractivity contribution in [1.82, 2.24) is 4.90 Å². The van der Waals surface area contributed by atoms with Gasteiger partial charge in [-0.3, -0.25) is 0 Å². The van der Waals surface area contributed by atoms with Crippen molar-refractivity contribution in [2.75, 3.05) is 6.54 Å². The number of terminal acetylenes is 1. The van der Waals surface area contributed by atoms with Crippen LogP contribution in [0.5, 0.6) is 0 Å². The van der Waals surface area contributed by atoms with Crippen molar-refractivity contribution in [2.24, 2.45) is 5.92 Å². The largest absolute Gasteiger partial charge is 0.444 e. The molecule has 1 amide bonds. The molecule has 1 aliphatic rings. The summed E-state index contributed by atoms with van der Waals surface area (Å²) in [5, 5.41) is 0. The van der Waals surface area contributed by atoms with Gasteiger partial charge in [-0.05, 0) is 39.5 Å². The van der Waals surface area contributed by atoms with Crippen LogP contribution in [0.3, 0.4) is 0 Å². The molecule has 0 saturated carbocycles. The van der Waals surface area contributed by atoms with E-state index in [1.54, 1.807) is 4.90 Å². The number of hydrogen-bond donors (Lipinski definition) is 0. The van der Waals surface area contributed by atoms with E-state index in [2.05, 4.69) is 12.8 Å². The molecule has 3 heteroatoms. The molecule has 1 rings (SSSR count). The van der Waals surface area contributed by atoms with Gasteiger partial charge >= 0.3 is 6.09 Å². The van der Waals surface area contributed by atoms with Gasteiger partial charge in [-0.25, -0.2) is 4.79 Å². The van der Waals surface area contributed by atoms with Crippen LogP contribution in [0.25, 0.3) is 0 Å². The second-order valence-corrected chi connectivity index (χ2v) is 5.88. The third-order valence-electron chi connectivity index (χ3n) is 2.92. The van der Waals surface area contributed by atoms with Crippen LogP contribution in [0.15, 0.2) is 0 Å². The Bertz CT molecular complexity index is 311. The summed E-state index contributed by atoms with van der Waals surface area (Å²) in [6.07, 6.45) is 7.85. The molecular weight excluding hydrogens is 214 g/mol. The molecule has 0 N–H and O–H groups in total. The number of amides is 1. The Balaban J connectivity index is 2.69. The van der Waals surface area contributed by atoms with Crippen LogP contribution in [0.1, 0.15) is 47.0 Å². The molecule has 0 aromatic heterocycles. The second-order valence-electron chi connectivity index (χ2n) is 5.88. The molecular formula is C14H23NO2. The second kappa shape index (κ2) is 5.44.